The summed E-state index contributed by atoms with van der Waals surface area (Å²) in [6.07, 6.45) is 0. The van der Waals surface area contributed by atoms with Crippen LogP contribution in [0.1, 0.15) is 5.56 Å². The van der Waals surface area contributed by atoms with Gasteiger partial charge in [-0.25, -0.2) is 0 Å². The van der Waals surface area contributed by atoms with Gasteiger partial charge in [0.1, 0.15) is 5.75 Å². The molecule has 0 aliphatic rings. The van der Waals surface area contributed by atoms with Crippen molar-refractivity contribution in [1.29, 1.82) is 0 Å². The molecule has 1 aromatic rings. The summed E-state index contributed by atoms with van der Waals surface area (Å²) in [5.41, 5.74) is 1.15. The second kappa shape index (κ2) is 8.75. The van der Waals surface area contributed by atoms with Crippen LogP contribution in [0.4, 0.5) is 0 Å². The molecule has 0 saturated carbocycles. The van der Waals surface area contributed by atoms with E-state index in [1.165, 1.54) is 0 Å². The van der Waals surface area contributed by atoms with E-state index in [-0.39, 0.29) is 0 Å². The van der Waals surface area contributed by atoms with Crippen LogP contribution in [0.2, 0.25) is 0 Å². The van der Waals surface area contributed by atoms with Gasteiger partial charge in [-0.3, -0.25) is 4.90 Å². The second-order valence-corrected chi connectivity index (χ2v) is 5.21. The van der Waals surface area contributed by atoms with Crippen molar-refractivity contribution >= 4 is 27.5 Å². The third-order valence-corrected chi connectivity index (χ3v) is 3.31. The minimum absolute atomic E-state index is 0.611. The smallest absolute Gasteiger partial charge is 0.123 e. The van der Waals surface area contributed by atoms with Crippen LogP contribution in [-0.2, 0) is 11.3 Å². The van der Waals surface area contributed by atoms with Crippen molar-refractivity contribution < 1.29 is 9.47 Å². The first kappa shape index (κ1) is 15.8. The van der Waals surface area contributed by atoms with Crippen LogP contribution in [0.25, 0.3) is 0 Å². The lowest BCUT2D eigenvalue weighted by atomic mass is 10.2. The molecule has 18 heavy (non-hydrogen) atoms. The van der Waals surface area contributed by atoms with Crippen LogP contribution in [0, 0.1) is 0 Å². The van der Waals surface area contributed by atoms with Gasteiger partial charge in [0.25, 0.3) is 0 Å². The molecule has 0 bridgehead atoms. The molecule has 0 spiro atoms. The molecule has 1 aromatic carbocycles. The Labute approximate surface area is 122 Å². The van der Waals surface area contributed by atoms with E-state index in [1.54, 1.807) is 14.2 Å². The Morgan fingerprint density at radius 1 is 1.28 bits per heavy atom. The number of alkyl halides is 1. The van der Waals surface area contributed by atoms with Gasteiger partial charge in [-0.1, -0.05) is 15.9 Å². The van der Waals surface area contributed by atoms with Crippen molar-refractivity contribution in [3.05, 3.63) is 28.2 Å². The number of benzene rings is 1. The van der Waals surface area contributed by atoms with E-state index in [9.17, 15) is 0 Å². The van der Waals surface area contributed by atoms with E-state index in [2.05, 4.69) is 26.9 Å². The molecule has 0 amide bonds. The highest BCUT2D eigenvalue weighted by Gasteiger charge is 2.10. The first-order valence-electron chi connectivity index (χ1n) is 5.81. The number of halogens is 2. The predicted octanol–water partition coefficient (Wildman–Crippen LogP) is 3.14. The molecule has 0 N–H and O–H groups in total. The highest BCUT2D eigenvalue weighted by molar-refractivity contribution is 9.10. The van der Waals surface area contributed by atoms with Gasteiger partial charge >= 0.3 is 0 Å². The van der Waals surface area contributed by atoms with Crippen molar-refractivity contribution in [1.82, 2.24) is 4.90 Å². The Balaban J connectivity index is 2.74. The van der Waals surface area contributed by atoms with Crippen molar-refractivity contribution in [3.8, 4) is 5.75 Å². The minimum Gasteiger partial charge on any atom is -0.496 e. The number of hydrogen-bond acceptors (Lipinski definition) is 3. The molecule has 0 fully saturated rings. The Bertz CT molecular complexity index is 363. The molecule has 0 heterocycles. The summed E-state index contributed by atoms with van der Waals surface area (Å²) < 4.78 is 11.5. The quantitative estimate of drug-likeness (QED) is 0.681. The average molecular weight is 337 g/mol. The molecule has 0 aliphatic carbocycles. The fraction of sp³-hybridized carbons (Fsp3) is 0.538. The van der Waals surface area contributed by atoms with Crippen LogP contribution < -0.4 is 4.74 Å². The van der Waals surface area contributed by atoms with Crippen molar-refractivity contribution in [2.45, 2.75) is 6.54 Å². The van der Waals surface area contributed by atoms with Gasteiger partial charge in [0.2, 0.25) is 0 Å². The van der Waals surface area contributed by atoms with E-state index < -0.39 is 0 Å². The summed E-state index contributed by atoms with van der Waals surface area (Å²) >= 11 is 9.31. The van der Waals surface area contributed by atoms with Crippen LogP contribution >= 0.6 is 27.5 Å². The van der Waals surface area contributed by atoms with E-state index in [0.717, 1.165) is 35.4 Å². The summed E-state index contributed by atoms with van der Waals surface area (Å²) in [4.78, 5) is 2.25. The lowest BCUT2D eigenvalue weighted by molar-refractivity contribution is 0.147. The first-order valence-corrected chi connectivity index (χ1v) is 7.13. The largest absolute Gasteiger partial charge is 0.496 e. The summed E-state index contributed by atoms with van der Waals surface area (Å²) in [7, 11) is 3.40. The fourth-order valence-corrected chi connectivity index (χ4v) is 2.37. The lowest BCUT2D eigenvalue weighted by Crippen LogP contribution is -2.29. The topological polar surface area (TPSA) is 21.7 Å². The van der Waals surface area contributed by atoms with Gasteiger partial charge in [0.15, 0.2) is 0 Å². The van der Waals surface area contributed by atoms with Crippen molar-refractivity contribution in [2.24, 2.45) is 0 Å². The summed E-state index contributed by atoms with van der Waals surface area (Å²) in [5, 5.41) is 0. The maximum absolute atomic E-state index is 5.82. The third-order valence-electron chi connectivity index (χ3n) is 2.65. The maximum atomic E-state index is 5.82. The molecule has 0 saturated heterocycles. The van der Waals surface area contributed by atoms with Gasteiger partial charge in [-0.05, 0) is 18.2 Å². The van der Waals surface area contributed by atoms with E-state index in [1.807, 2.05) is 12.1 Å². The zero-order valence-electron chi connectivity index (χ0n) is 10.8. The number of methoxy groups -OCH3 is 2. The Morgan fingerprint density at radius 3 is 2.67 bits per heavy atom. The standard InChI is InChI=1S/C13H19BrClNO2/c1-17-8-7-16(6-5-15)10-11-9-12(14)3-4-13(11)18-2/h3-4,9H,5-8,10H2,1-2H3. The maximum Gasteiger partial charge on any atom is 0.123 e. The van der Waals surface area contributed by atoms with Crippen LogP contribution in [0.15, 0.2) is 22.7 Å². The molecular weight excluding hydrogens is 318 g/mol. The summed E-state index contributed by atoms with van der Waals surface area (Å²) in [5.74, 6) is 1.51. The van der Waals surface area contributed by atoms with E-state index >= 15 is 0 Å². The molecule has 3 nitrogen and oxygen atoms in total. The SMILES string of the molecule is COCCN(CCCl)Cc1cc(Br)ccc1OC. The van der Waals surface area contributed by atoms with E-state index in [0.29, 0.717) is 12.5 Å². The molecule has 1 rings (SSSR count). The third kappa shape index (κ3) is 5.14. The Kier molecular flexibility index (Phi) is 7.66. The second-order valence-electron chi connectivity index (χ2n) is 3.91. The number of ether oxygens (including phenoxy) is 2. The fourth-order valence-electron chi connectivity index (χ4n) is 1.72. The first-order chi connectivity index (χ1) is 8.71. The van der Waals surface area contributed by atoms with Gasteiger partial charge in [0, 0.05) is 42.7 Å². The zero-order chi connectivity index (χ0) is 13.4. The lowest BCUT2D eigenvalue weighted by Gasteiger charge is -2.22. The molecule has 102 valence electrons. The molecule has 5 heteroatoms. The molecular formula is C13H19BrClNO2. The van der Waals surface area contributed by atoms with Crippen LogP contribution in [0.5, 0.6) is 5.75 Å². The molecule has 0 unspecified atom stereocenters. The van der Waals surface area contributed by atoms with Gasteiger partial charge in [0.05, 0.1) is 13.7 Å². The number of rotatable bonds is 8. The van der Waals surface area contributed by atoms with Crippen LogP contribution in [0.3, 0.4) is 0 Å². The molecule has 0 aliphatic heterocycles. The molecule has 0 aromatic heterocycles. The molecule has 0 atom stereocenters. The molecule has 0 radical (unpaired) electrons. The van der Waals surface area contributed by atoms with Gasteiger partial charge in [-0.2, -0.15) is 0 Å². The zero-order valence-corrected chi connectivity index (χ0v) is 13.1. The number of hydrogen-bond donors (Lipinski definition) is 0. The highest BCUT2D eigenvalue weighted by atomic mass is 79.9. The Hall–Kier alpha value is -0.290. The van der Waals surface area contributed by atoms with Gasteiger partial charge in [-0.15, -0.1) is 11.6 Å². The van der Waals surface area contributed by atoms with Gasteiger partial charge < -0.3 is 9.47 Å². The van der Waals surface area contributed by atoms with Crippen molar-refractivity contribution in [2.75, 3.05) is 39.8 Å². The monoisotopic (exact) mass is 335 g/mol. The predicted molar refractivity (Wildman–Crippen MR) is 78.6 cm³/mol. The summed E-state index contributed by atoms with van der Waals surface area (Å²) in [6.45, 7) is 3.20. The minimum atomic E-state index is 0.611. The summed E-state index contributed by atoms with van der Waals surface area (Å²) in [6, 6.07) is 6.02. The average Bonchev–Trinajstić information content (AvgIpc) is 2.36. The number of nitrogens with zero attached hydrogens (tertiary/aromatic N) is 1. The van der Waals surface area contributed by atoms with Crippen LogP contribution in [-0.4, -0.2) is 44.7 Å². The van der Waals surface area contributed by atoms with Crippen molar-refractivity contribution in [3.63, 3.8) is 0 Å². The van der Waals surface area contributed by atoms with E-state index in [4.69, 9.17) is 21.1 Å². The highest BCUT2D eigenvalue weighted by Crippen LogP contribution is 2.24. The normalized spacial score (nSPS) is 10.9. The Morgan fingerprint density at radius 2 is 2.06 bits per heavy atom.